The van der Waals surface area contributed by atoms with Crippen molar-refractivity contribution >= 4 is 33.8 Å². The van der Waals surface area contributed by atoms with Gasteiger partial charge in [0.15, 0.2) is 0 Å². The first-order chi connectivity index (χ1) is 14.7. The molecule has 2 atom stereocenters. The maximum Gasteiger partial charge on any atom is 0.128 e. The molecule has 150 valence electrons. The lowest BCUT2D eigenvalue weighted by Crippen LogP contribution is -2.15. The average molecular weight is 433 g/mol. The van der Waals surface area contributed by atoms with E-state index in [1.807, 2.05) is 12.4 Å². The molecule has 2 aromatic carbocycles. The maximum atomic E-state index is 6.25. The van der Waals surface area contributed by atoms with Gasteiger partial charge in [-0.3, -0.25) is 4.99 Å². The monoisotopic (exact) mass is 433 g/mol. The second-order valence-corrected chi connectivity index (χ2v) is 9.70. The van der Waals surface area contributed by atoms with Crippen LogP contribution in [0.5, 0.6) is 11.5 Å². The van der Waals surface area contributed by atoms with Gasteiger partial charge in [-0.05, 0) is 48.7 Å². The van der Waals surface area contributed by atoms with Crippen molar-refractivity contribution in [1.82, 2.24) is 9.97 Å². The Hall–Kier alpha value is -2.48. The highest BCUT2D eigenvalue weighted by Gasteiger charge is 2.30. The van der Waals surface area contributed by atoms with Gasteiger partial charge < -0.3 is 14.5 Å². The van der Waals surface area contributed by atoms with Gasteiger partial charge in [0.1, 0.15) is 30.3 Å². The van der Waals surface area contributed by atoms with E-state index < -0.39 is 0 Å². The summed E-state index contributed by atoms with van der Waals surface area (Å²) in [6, 6.07) is 8.76. The molecule has 30 heavy (non-hydrogen) atoms. The Morgan fingerprint density at radius 3 is 2.23 bits per heavy atom. The Morgan fingerprint density at radius 1 is 0.900 bits per heavy atom. The van der Waals surface area contributed by atoms with Crippen LogP contribution < -0.4 is 15.0 Å². The molecule has 4 heterocycles. The van der Waals surface area contributed by atoms with E-state index in [0.717, 1.165) is 48.9 Å². The Kier molecular flexibility index (Phi) is 4.30. The molecule has 0 spiro atoms. The zero-order valence-electron chi connectivity index (χ0n) is 16.8. The average Bonchev–Trinajstić information content (AvgIpc) is 3.46. The minimum Gasteiger partial charge on any atom is -0.488 e. The van der Waals surface area contributed by atoms with Crippen molar-refractivity contribution in [3.63, 3.8) is 0 Å². The molecule has 1 aromatic heterocycles. The molecule has 0 saturated heterocycles. The molecule has 0 amide bonds. The van der Waals surface area contributed by atoms with Gasteiger partial charge in [0, 0.05) is 45.9 Å². The van der Waals surface area contributed by atoms with Gasteiger partial charge in [-0.15, -0.1) is 0 Å². The normalized spacial score (nSPS) is 16.6. The predicted octanol–water partition coefficient (Wildman–Crippen LogP) is 4.91. The Bertz CT molecular complexity index is 1210. The summed E-state index contributed by atoms with van der Waals surface area (Å²) >= 11 is 0. The largest absolute Gasteiger partial charge is 0.488 e. The molecule has 2 unspecified atom stereocenters. The van der Waals surface area contributed by atoms with Crippen molar-refractivity contribution < 1.29 is 9.47 Å². The Labute approximate surface area is 178 Å². The molecule has 3 aliphatic heterocycles. The molecular formula is C23H21N3O2P2. The molecule has 5 nitrogen and oxygen atoms in total. The summed E-state index contributed by atoms with van der Waals surface area (Å²) < 4.78 is 12.5. The second-order valence-electron chi connectivity index (χ2n) is 7.65. The van der Waals surface area contributed by atoms with Crippen LogP contribution in [-0.4, -0.2) is 28.8 Å². The first kappa shape index (κ1) is 18.3. The highest BCUT2D eigenvalue weighted by atomic mass is 31.1. The summed E-state index contributed by atoms with van der Waals surface area (Å²) in [5.74, 6) is 1.89. The number of benzene rings is 2. The molecule has 0 saturated carbocycles. The highest BCUT2D eigenvalue weighted by Crippen LogP contribution is 2.50. The van der Waals surface area contributed by atoms with Crippen molar-refractivity contribution in [2.24, 2.45) is 4.99 Å². The van der Waals surface area contributed by atoms with Gasteiger partial charge >= 0.3 is 0 Å². The van der Waals surface area contributed by atoms with Crippen LogP contribution in [0.25, 0.3) is 28.0 Å². The number of nitrogens with one attached hydrogen (secondary N) is 1. The third-order valence-corrected chi connectivity index (χ3v) is 7.51. The van der Waals surface area contributed by atoms with Gasteiger partial charge in [0.05, 0.1) is 11.9 Å². The number of rotatable bonds is 4. The minimum atomic E-state index is 0.545. The fraction of sp³-hybridized carbons (Fsp3) is 0.217. The van der Waals surface area contributed by atoms with Crippen molar-refractivity contribution in [3.05, 3.63) is 53.4 Å². The molecule has 7 heteroatoms. The molecule has 0 radical (unpaired) electrons. The molecule has 6 rings (SSSR count). The van der Waals surface area contributed by atoms with Crippen LogP contribution >= 0.6 is 17.2 Å². The molecule has 1 N–H and O–H groups in total. The minimum absolute atomic E-state index is 0.545. The van der Waals surface area contributed by atoms with E-state index in [0.29, 0.717) is 21.8 Å². The molecule has 3 aromatic rings. The van der Waals surface area contributed by atoms with Crippen LogP contribution in [-0.2, 0) is 13.2 Å². The number of H-pyrrole nitrogens is 1. The summed E-state index contributed by atoms with van der Waals surface area (Å²) in [7, 11) is 1.40. The van der Waals surface area contributed by atoms with Gasteiger partial charge in [0.2, 0.25) is 0 Å². The van der Waals surface area contributed by atoms with Crippen molar-refractivity contribution in [1.29, 1.82) is 0 Å². The standard InChI is InChI=1S/C23H21N3O2P2/c1-29-20-7-14(8-24-20)12-3-15-10-28-19-6-13(17-9-25-23(26-17)30-2)4-16-11-27-18(5-12)21(15)22(16)19/h3-6,8-9,29-30H,7,10-11H2,1-2H3,(H,25,26). The zero-order valence-corrected chi connectivity index (χ0v) is 18.8. The molecule has 0 fully saturated rings. The van der Waals surface area contributed by atoms with Crippen molar-refractivity contribution in [2.45, 2.75) is 19.6 Å². The lowest BCUT2D eigenvalue weighted by molar-refractivity contribution is 0.278. The van der Waals surface area contributed by atoms with Crippen LogP contribution in [0.4, 0.5) is 0 Å². The lowest BCUT2D eigenvalue weighted by Gasteiger charge is -2.30. The van der Waals surface area contributed by atoms with Gasteiger partial charge in [-0.2, -0.15) is 0 Å². The van der Waals surface area contributed by atoms with Crippen LogP contribution in [0.1, 0.15) is 23.1 Å². The van der Waals surface area contributed by atoms with Gasteiger partial charge in [0.25, 0.3) is 0 Å². The van der Waals surface area contributed by atoms with Crippen LogP contribution in [0, 0.1) is 0 Å². The van der Waals surface area contributed by atoms with E-state index in [2.05, 4.69) is 52.6 Å². The van der Waals surface area contributed by atoms with Crippen molar-refractivity contribution in [2.75, 3.05) is 13.3 Å². The summed E-state index contributed by atoms with van der Waals surface area (Å²) in [6.45, 7) is 5.41. The zero-order chi connectivity index (χ0) is 20.2. The smallest absolute Gasteiger partial charge is 0.128 e. The Balaban J connectivity index is 1.43. The van der Waals surface area contributed by atoms with E-state index in [1.165, 1.54) is 33.3 Å². The van der Waals surface area contributed by atoms with E-state index >= 15 is 0 Å². The summed E-state index contributed by atoms with van der Waals surface area (Å²) in [4.78, 5) is 12.4. The number of ether oxygens (including phenoxy) is 2. The topological polar surface area (TPSA) is 59.5 Å². The van der Waals surface area contributed by atoms with E-state index in [9.17, 15) is 0 Å². The number of nitrogens with zero attached hydrogens (tertiary/aromatic N) is 2. The lowest BCUT2D eigenvalue weighted by atomic mass is 9.87. The summed E-state index contributed by atoms with van der Waals surface area (Å²) in [5.41, 5.74) is 11.6. The van der Waals surface area contributed by atoms with E-state index in [-0.39, 0.29) is 0 Å². The molecule has 0 aliphatic carbocycles. The number of aromatic nitrogens is 2. The third-order valence-electron chi connectivity index (χ3n) is 5.90. The van der Waals surface area contributed by atoms with E-state index in [1.54, 1.807) is 0 Å². The Morgan fingerprint density at radius 2 is 1.60 bits per heavy atom. The van der Waals surface area contributed by atoms with Crippen molar-refractivity contribution in [3.8, 4) is 33.9 Å². The van der Waals surface area contributed by atoms with Crippen LogP contribution in [0.3, 0.4) is 0 Å². The second kappa shape index (κ2) is 7.04. The first-order valence-electron chi connectivity index (χ1n) is 10.0. The number of imidazole rings is 1. The quantitative estimate of drug-likeness (QED) is 0.595. The molecular weight excluding hydrogens is 412 g/mol. The number of hydrogen-bond acceptors (Lipinski definition) is 4. The van der Waals surface area contributed by atoms with Crippen LogP contribution in [0.15, 0.2) is 41.7 Å². The summed E-state index contributed by atoms with van der Waals surface area (Å²) in [5, 5.41) is 0. The third kappa shape index (κ3) is 2.84. The molecule has 0 bridgehead atoms. The maximum absolute atomic E-state index is 6.25. The fourth-order valence-corrected chi connectivity index (χ4v) is 5.39. The summed E-state index contributed by atoms with van der Waals surface area (Å²) in [6.07, 6.45) is 4.85. The highest BCUT2D eigenvalue weighted by molar-refractivity contribution is 7.57. The number of aliphatic imine (C=N–C) groups is 1. The van der Waals surface area contributed by atoms with Gasteiger partial charge in [-0.25, -0.2) is 4.98 Å². The predicted molar refractivity (Wildman–Crippen MR) is 126 cm³/mol. The molecule has 3 aliphatic rings. The number of hydrogen-bond donors (Lipinski definition) is 1. The first-order valence-corrected chi connectivity index (χ1v) is 13.0. The van der Waals surface area contributed by atoms with Crippen LogP contribution in [0.2, 0.25) is 0 Å². The number of allylic oxidation sites excluding steroid dienone is 1. The van der Waals surface area contributed by atoms with Gasteiger partial charge in [-0.1, -0.05) is 17.2 Å². The fourth-order valence-electron chi connectivity index (χ4n) is 4.37. The SMILES string of the molecule is CPC1=NC=C(c2cc3c4c(c2)OCc2cc(-c5cnc(PC)[nH]5)cc(c2-4)OC3)C1. The number of aromatic amines is 1. The van der Waals surface area contributed by atoms with E-state index in [4.69, 9.17) is 9.47 Å².